The standard InChI is InChI=1S/C22H20N4O4S/c1-31-13-12-17(21-23-15-7-3-4-8-16(15)24-21)25-22(27)20-11-10-19(30-20)14-6-2-5-9-18(14)26(28)29/h2-11,17H,12-13H2,1H3,(H,23,24)(H,25,27)/t17-/m1/s1. The molecule has 0 aliphatic heterocycles. The highest BCUT2D eigenvalue weighted by Crippen LogP contribution is 2.31. The second-order valence-corrected chi connectivity index (χ2v) is 7.87. The maximum absolute atomic E-state index is 12.9. The van der Waals surface area contributed by atoms with E-state index in [9.17, 15) is 14.9 Å². The molecule has 2 heterocycles. The third kappa shape index (κ3) is 4.46. The average molecular weight is 436 g/mol. The zero-order valence-electron chi connectivity index (χ0n) is 16.7. The minimum Gasteiger partial charge on any atom is -0.451 e. The normalized spacial score (nSPS) is 12.0. The van der Waals surface area contributed by atoms with Crippen LogP contribution in [0, 0.1) is 10.1 Å². The Kier molecular flexibility index (Phi) is 6.03. The van der Waals surface area contributed by atoms with Crippen LogP contribution < -0.4 is 5.32 Å². The summed E-state index contributed by atoms with van der Waals surface area (Å²) in [5.74, 6) is 1.45. The van der Waals surface area contributed by atoms with Gasteiger partial charge in [-0.15, -0.1) is 0 Å². The minimum absolute atomic E-state index is 0.0797. The lowest BCUT2D eigenvalue weighted by Gasteiger charge is -2.15. The molecule has 2 N–H and O–H groups in total. The van der Waals surface area contributed by atoms with E-state index < -0.39 is 10.8 Å². The number of hydrogen-bond acceptors (Lipinski definition) is 6. The van der Waals surface area contributed by atoms with Crippen molar-refractivity contribution in [2.45, 2.75) is 12.5 Å². The number of imidazole rings is 1. The van der Waals surface area contributed by atoms with Crippen molar-refractivity contribution >= 4 is 34.4 Å². The van der Waals surface area contributed by atoms with Crippen LogP contribution in [0.25, 0.3) is 22.4 Å². The van der Waals surface area contributed by atoms with Gasteiger partial charge in [-0.2, -0.15) is 11.8 Å². The molecule has 158 valence electrons. The van der Waals surface area contributed by atoms with E-state index in [1.165, 1.54) is 12.1 Å². The van der Waals surface area contributed by atoms with Gasteiger partial charge in [0, 0.05) is 6.07 Å². The molecule has 1 amide bonds. The third-order valence-electron chi connectivity index (χ3n) is 4.85. The van der Waals surface area contributed by atoms with E-state index in [0.717, 1.165) is 16.8 Å². The maximum atomic E-state index is 12.9. The van der Waals surface area contributed by atoms with Crippen LogP contribution in [0.15, 0.2) is 65.1 Å². The second kappa shape index (κ2) is 9.05. The zero-order chi connectivity index (χ0) is 21.8. The van der Waals surface area contributed by atoms with Gasteiger partial charge in [0.05, 0.1) is 27.6 Å². The number of hydrogen-bond donors (Lipinski definition) is 2. The molecule has 2 aromatic heterocycles. The molecule has 8 nitrogen and oxygen atoms in total. The molecular formula is C22H20N4O4S. The van der Waals surface area contributed by atoms with E-state index >= 15 is 0 Å². The lowest BCUT2D eigenvalue weighted by molar-refractivity contribution is -0.384. The molecule has 1 atom stereocenters. The fourth-order valence-corrected chi connectivity index (χ4v) is 3.80. The number of fused-ring (bicyclic) bond motifs is 1. The number of aromatic amines is 1. The number of rotatable bonds is 8. The monoisotopic (exact) mass is 436 g/mol. The van der Waals surface area contributed by atoms with Gasteiger partial charge in [0.15, 0.2) is 5.76 Å². The van der Waals surface area contributed by atoms with Gasteiger partial charge in [0.1, 0.15) is 11.6 Å². The highest BCUT2D eigenvalue weighted by molar-refractivity contribution is 7.98. The van der Waals surface area contributed by atoms with Crippen LogP contribution in [0.2, 0.25) is 0 Å². The van der Waals surface area contributed by atoms with Crippen LogP contribution in [-0.4, -0.2) is 32.8 Å². The summed E-state index contributed by atoms with van der Waals surface area (Å²) in [5.41, 5.74) is 1.97. The van der Waals surface area contributed by atoms with Gasteiger partial charge >= 0.3 is 0 Å². The number of nitrogens with one attached hydrogen (secondary N) is 2. The second-order valence-electron chi connectivity index (χ2n) is 6.88. The molecule has 0 fully saturated rings. The Morgan fingerprint density at radius 2 is 1.97 bits per heavy atom. The molecule has 0 radical (unpaired) electrons. The summed E-state index contributed by atoms with van der Waals surface area (Å²) in [4.78, 5) is 31.6. The highest BCUT2D eigenvalue weighted by Gasteiger charge is 2.23. The molecule has 0 bridgehead atoms. The Morgan fingerprint density at radius 3 is 2.74 bits per heavy atom. The van der Waals surface area contributed by atoms with Crippen molar-refractivity contribution in [2.24, 2.45) is 0 Å². The van der Waals surface area contributed by atoms with Gasteiger partial charge in [-0.3, -0.25) is 14.9 Å². The van der Waals surface area contributed by atoms with Crippen LogP contribution in [0.5, 0.6) is 0 Å². The molecule has 0 aliphatic carbocycles. The summed E-state index contributed by atoms with van der Waals surface area (Å²) in [6.45, 7) is 0. The van der Waals surface area contributed by atoms with Crippen LogP contribution in [0.3, 0.4) is 0 Å². The third-order valence-corrected chi connectivity index (χ3v) is 5.49. The predicted octanol–water partition coefficient (Wildman–Crippen LogP) is 4.96. The highest BCUT2D eigenvalue weighted by atomic mass is 32.2. The Bertz CT molecular complexity index is 1200. The van der Waals surface area contributed by atoms with Crippen molar-refractivity contribution in [3.05, 3.63) is 82.4 Å². The Labute approximate surface area is 182 Å². The van der Waals surface area contributed by atoms with Gasteiger partial charge in [-0.05, 0) is 48.8 Å². The first kappa shape index (κ1) is 20.7. The molecule has 0 saturated carbocycles. The fourth-order valence-electron chi connectivity index (χ4n) is 3.33. The summed E-state index contributed by atoms with van der Waals surface area (Å²) in [7, 11) is 0. The molecule has 4 rings (SSSR count). The number of nitrogens with zero attached hydrogens (tertiary/aromatic N) is 2. The van der Waals surface area contributed by atoms with Gasteiger partial charge in [-0.25, -0.2) is 4.98 Å². The van der Waals surface area contributed by atoms with Gasteiger partial charge < -0.3 is 14.7 Å². The Balaban J connectivity index is 1.58. The predicted molar refractivity (Wildman–Crippen MR) is 120 cm³/mol. The molecule has 2 aromatic carbocycles. The van der Waals surface area contributed by atoms with Crippen LogP contribution in [-0.2, 0) is 0 Å². The van der Waals surface area contributed by atoms with E-state index in [-0.39, 0.29) is 23.2 Å². The summed E-state index contributed by atoms with van der Waals surface area (Å²) in [6, 6.07) is 16.7. The number of H-pyrrole nitrogens is 1. The van der Waals surface area contributed by atoms with Crippen LogP contribution in [0.1, 0.15) is 28.8 Å². The minimum atomic E-state index is -0.475. The van der Waals surface area contributed by atoms with Crippen molar-refractivity contribution in [3.8, 4) is 11.3 Å². The number of thioether (sulfide) groups is 1. The van der Waals surface area contributed by atoms with Crippen molar-refractivity contribution in [1.82, 2.24) is 15.3 Å². The molecule has 0 saturated heterocycles. The largest absolute Gasteiger partial charge is 0.451 e. The maximum Gasteiger partial charge on any atom is 0.287 e. The molecule has 0 unspecified atom stereocenters. The summed E-state index contributed by atoms with van der Waals surface area (Å²) < 4.78 is 5.67. The van der Waals surface area contributed by atoms with Crippen molar-refractivity contribution in [2.75, 3.05) is 12.0 Å². The molecule has 0 aliphatic rings. The number of para-hydroxylation sites is 3. The van der Waals surface area contributed by atoms with Gasteiger partial charge in [0.25, 0.3) is 11.6 Å². The number of carbonyl (C=O) groups excluding carboxylic acids is 1. The summed E-state index contributed by atoms with van der Waals surface area (Å²) >= 11 is 1.68. The van der Waals surface area contributed by atoms with E-state index in [1.54, 1.807) is 36.0 Å². The van der Waals surface area contributed by atoms with Gasteiger partial charge in [-0.1, -0.05) is 24.3 Å². The van der Waals surface area contributed by atoms with Crippen LogP contribution in [0.4, 0.5) is 5.69 Å². The number of furan rings is 1. The smallest absolute Gasteiger partial charge is 0.287 e. The number of nitro benzene ring substituents is 1. The first-order valence-electron chi connectivity index (χ1n) is 9.65. The number of amides is 1. The number of benzene rings is 2. The molecule has 0 spiro atoms. The molecular weight excluding hydrogens is 416 g/mol. The molecule has 4 aromatic rings. The Morgan fingerprint density at radius 1 is 1.19 bits per heavy atom. The van der Waals surface area contributed by atoms with E-state index in [1.807, 2.05) is 30.5 Å². The topological polar surface area (TPSA) is 114 Å². The SMILES string of the molecule is CSCC[C@@H](NC(=O)c1ccc(-c2ccccc2[N+](=O)[O-])o1)c1nc2ccccc2[nH]1. The lowest BCUT2D eigenvalue weighted by Crippen LogP contribution is -2.29. The molecule has 31 heavy (non-hydrogen) atoms. The first-order valence-corrected chi connectivity index (χ1v) is 11.0. The summed E-state index contributed by atoms with van der Waals surface area (Å²) in [6.07, 6.45) is 2.69. The zero-order valence-corrected chi connectivity index (χ0v) is 17.5. The van der Waals surface area contributed by atoms with Gasteiger partial charge in [0.2, 0.25) is 0 Å². The van der Waals surface area contributed by atoms with Crippen molar-refractivity contribution < 1.29 is 14.1 Å². The average Bonchev–Trinajstić information content (AvgIpc) is 3.44. The lowest BCUT2D eigenvalue weighted by atomic mass is 10.1. The quantitative estimate of drug-likeness (QED) is 0.298. The van der Waals surface area contributed by atoms with E-state index in [4.69, 9.17) is 4.42 Å². The van der Waals surface area contributed by atoms with Crippen LogP contribution >= 0.6 is 11.8 Å². The number of carbonyl (C=O) groups is 1. The van der Waals surface area contributed by atoms with E-state index in [2.05, 4.69) is 15.3 Å². The van der Waals surface area contributed by atoms with Crippen molar-refractivity contribution in [3.63, 3.8) is 0 Å². The number of aromatic nitrogens is 2. The fraction of sp³-hybridized carbons (Fsp3) is 0.182. The first-order chi connectivity index (χ1) is 15.1. The summed E-state index contributed by atoms with van der Waals surface area (Å²) in [5, 5.41) is 14.3. The Hall–Kier alpha value is -3.59. The van der Waals surface area contributed by atoms with E-state index in [0.29, 0.717) is 17.8 Å². The number of nitro groups is 1. The van der Waals surface area contributed by atoms with Crippen molar-refractivity contribution in [1.29, 1.82) is 0 Å². The molecule has 9 heteroatoms.